The standard InChI is InChI=1S/C17H14BrN3O/c1-22-15-8-6-14(7-9-15)20-17-19-11-10-16(21-17)12-2-4-13(18)5-3-12/h2-11H,1H3,(H,19,20,21). The molecule has 0 unspecified atom stereocenters. The highest BCUT2D eigenvalue weighted by molar-refractivity contribution is 9.10. The van der Waals surface area contributed by atoms with Crippen LogP contribution in [0.3, 0.4) is 0 Å². The van der Waals surface area contributed by atoms with Crippen LogP contribution in [0, 0.1) is 0 Å². The molecule has 0 saturated carbocycles. The van der Waals surface area contributed by atoms with Gasteiger partial charge in [0.15, 0.2) is 0 Å². The van der Waals surface area contributed by atoms with Gasteiger partial charge in [-0.25, -0.2) is 9.97 Å². The van der Waals surface area contributed by atoms with Gasteiger partial charge < -0.3 is 10.1 Å². The molecule has 0 saturated heterocycles. The van der Waals surface area contributed by atoms with E-state index in [-0.39, 0.29) is 0 Å². The Balaban J connectivity index is 1.82. The minimum atomic E-state index is 0.561. The summed E-state index contributed by atoms with van der Waals surface area (Å²) in [5.74, 6) is 1.38. The largest absolute Gasteiger partial charge is 0.497 e. The van der Waals surface area contributed by atoms with Crippen molar-refractivity contribution in [2.75, 3.05) is 12.4 Å². The van der Waals surface area contributed by atoms with Gasteiger partial charge in [-0.3, -0.25) is 0 Å². The van der Waals surface area contributed by atoms with Gasteiger partial charge in [-0.05, 0) is 42.5 Å². The van der Waals surface area contributed by atoms with Crippen molar-refractivity contribution >= 4 is 27.6 Å². The van der Waals surface area contributed by atoms with Crippen LogP contribution in [0.25, 0.3) is 11.3 Å². The van der Waals surface area contributed by atoms with E-state index in [9.17, 15) is 0 Å². The van der Waals surface area contributed by atoms with Crippen LogP contribution in [0.2, 0.25) is 0 Å². The number of aromatic nitrogens is 2. The van der Waals surface area contributed by atoms with Crippen LogP contribution in [0.15, 0.2) is 65.3 Å². The fourth-order valence-electron chi connectivity index (χ4n) is 2.00. The molecule has 1 heterocycles. The molecule has 1 aromatic heterocycles. The number of benzene rings is 2. The van der Waals surface area contributed by atoms with Gasteiger partial charge in [-0.1, -0.05) is 28.1 Å². The number of hydrogen-bond donors (Lipinski definition) is 1. The highest BCUT2D eigenvalue weighted by Gasteiger charge is 2.03. The maximum absolute atomic E-state index is 5.14. The molecule has 0 atom stereocenters. The van der Waals surface area contributed by atoms with E-state index in [2.05, 4.69) is 31.2 Å². The summed E-state index contributed by atoms with van der Waals surface area (Å²) in [6.45, 7) is 0. The first-order chi connectivity index (χ1) is 10.7. The summed E-state index contributed by atoms with van der Waals surface area (Å²) in [7, 11) is 1.65. The average molecular weight is 356 g/mol. The maximum Gasteiger partial charge on any atom is 0.227 e. The molecule has 0 fully saturated rings. The molecule has 0 spiro atoms. The second-order valence-corrected chi connectivity index (χ2v) is 5.54. The molecule has 22 heavy (non-hydrogen) atoms. The number of ether oxygens (including phenoxy) is 1. The Bertz CT molecular complexity index is 758. The lowest BCUT2D eigenvalue weighted by atomic mass is 10.1. The van der Waals surface area contributed by atoms with Gasteiger partial charge in [-0.15, -0.1) is 0 Å². The second-order valence-electron chi connectivity index (χ2n) is 4.63. The van der Waals surface area contributed by atoms with E-state index in [1.54, 1.807) is 13.3 Å². The number of rotatable bonds is 4. The van der Waals surface area contributed by atoms with Crippen LogP contribution >= 0.6 is 15.9 Å². The van der Waals surface area contributed by atoms with E-state index in [1.165, 1.54) is 0 Å². The zero-order chi connectivity index (χ0) is 15.4. The zero-order valence-corrected chi connectivity index (χ0v) is 13.5. The Kier molecular flexibility index (Phi) is 4.34. The zero-order valence-electron chi connectivity index (χ0n) is 12.0. The Morgan fingerprint density at radius 1 is 0.955 bits per heavy atom. The van der Waals surface area contributed by atoms with Crippen LogP contribution in [0.1, 0.15) is 0 Å². The lowest BCUT2D eigenvalue weighted by molar-refractivity contribution is 0.415. The van der Waals surface area contributed by atoms with E-state index in [1.807, 2.05) is 54.6 Å². The molecular weight excluding hydrogens is 342 g/mol. The molecule has 3 rings (SSSR count). The van der Waals surface area contributed by atoms with Gasteiger partial charge in [0.1, 0.15) is 5.75 Å². The van der Waals surface area contributed by atoms with Crippen molar-refractivity contribution < 1.29 is 4.74 Å². The van der Waals surface area contributed by atoms with Crippen molar-refractivity contribution in [2.24, 2.45) is 0 Å². The van der Waals surface area contributed by atoms with Crippen molar-refractivity contribution in [3.8, 4) is 17.0 Å². The summed E-state index contributed by atoms with van der Waals surface area (Å²) < 4.78 is 6.19. The van der Waals surface area contributed by atoms with Crippen LogP contribution in [0.4, 0.5) is 11.6 Å². The van der Waals surface area contributed by atoms with Gasteiger partial charge in [-0.2, -0.15) is 0 Å². The van der Waals surface area contributed by atoms with Crippen molar-refractivity contribution in [3.05, 3.63) is 65.3 Å². The molecule has 2 aromatic carbocycles. The van der Waals surface area contributed by atoms with E-state index in [4.69, 9.17) is 4.74 Å². The second kappa shape index (κ2) is 6.58. The van der Waals surface area contributed by atoms with Crippen molar-refractivity contribution in [1.82, 2.24) is 9.97 Å². The first-order valence-electron chi connectivity index (χ1n) is 6.75. The number of halogens is 1. The number of hydrogen-bond acceptors (Lipinski definition) is 4. The molecule has 0 aliphatic rings. The van der Waals surface area contributed by atoms with E-state index >= 15 is 0 Å². The topological polar surface area (TPSA) is 47.0 Å². The lowest BCUT2D eigenvalue weighted by Crippen LogP contribution is -1.97. The fraction of sp³-hybridized carbons (Fsp3) is 0.0588. The summed E-state index contributed by atoms with van der Waals surface area (Å²) in [4.78, 5) is 8.80. The first kappa shape index (κ1) is 14.5. The van der Waals surface area contributed by atoms with Crippen LogP contribution in [-0.2, 0) is 0 Å². The third-order valence-electron chi connectivity index (χ3n) is 3.14. The van der Waals surface area contributed by atoms with Crippen molar-refractivity contribution in [2.45, 2.75) is 0 Å². The SMILES string of the molecule is COc1ccc(Nc2nccc(-c3ccc(Br)cc3)n2)cc1. The van der Waals surface area contributed by atoms with Gasteiger partial charge in [0.05, 0.1) is 12.8 Å². The summed E-state index contributed by atoms with van der Waals surface area (Å²) in [5, 5.41) is 3.19. The summed E-state index contributed by atoms with van der Waals surface area (Å²) in [6, 6.07) is 17.5. The van der Waals surface area contributed by atoms with E-state index < -0.39 is 0 Å². The van der Waals surface area contributed by atoms with E-state index in [0.717, 1.165) is 27.2 Å². The van der Waals surface area contributed by atoms with Gasteiger partial charge >= 0.3 is 0 Å². The van der Waals surface area contributed by atoms with E-state index in [0.29, 0.717) is 5.95 Å². The van der Waals surface area contributed by atoms with Crippen LogP contribution in [0.5, 0.6) is 5.75 Å². The quantitative estimate of drug-likeness (QED) is 0.739. The normalized spacial score (nSPS) is 10.3. The van der Waals surface area contributed by atoms with Gasteiger partial charge in [0.2, 0.25) is 5.95 Å². The first-order valence-corrected chi connectivity index (χ1v) is 7.54. The highest BCUT2D eigenvalue weighted by atomic mass is 79.9. The Labute approximate surface area is 137 Å². The molecule has 110 valence electrons. The number of methoxy groups -OCH3 is 1. The molecule has 0 radical (unpaired) electrons. The number of nitrogens with zero attached hydrogens (tertiary/aromatic N) is 2. The molecule has 0 aliphatic carbocycles. The number of anilines is 2. The predicted molar refractivity (Wildman–Crippen MR) is 91.4 cm³/mol. The Morgan fingerprint density at radius 2 is 1.68 bits per heavy atom. The van der Waals surface area contributed by atoms with Crippen molar-refractivity contribution in [1.29, 1.82) is 0 Å². The Hall–Kier alpha value is -2.40. The number of nitrogens with one attached hydrogen (secondary N) is 1. The van der Waals surface area contributed by atoms with Gasteiger partial charge in [0, 0.05) is 21.9 Å². The average Bonchev–Trinajstić information content (AvgIpc) is 2.56. The third kappa shape index (κ3) is 3.43. The molecule has 0 aliphatic heterocycles. The monoisotopic (exact) mass is 355 g/mol. The molecule has 0 bridgehead atoms. The van der Waals surface area contributed by atoms with Crippen LogP contribution < -0.4 is 10.1 Å². The van der Waals surface area contributed by atoms with Crippen molar-refractivity contribution in [3.63, 3.8) is 0 Å². The molecule has 5 heteroatoms. The molecule has 1 N–H and O–H groups in total. The highest BCUT2D eigenvalue weighted by Crippen LogP contribution is 2.22. The molecule has 0 amide bonds. The molecule has 3 aromatic rings. The predicted octanol–water partition coefficient (Wildman–Crippen LogP) is 4.66. The smallest absolute Gasteiger partial charge is 0.227 e. The van der Waals surface area contributed by atoms with Gasteiger partial charge in [0.25, 0.3) is 0 Å². The minimum absolute atomic E-state index is 0.561. The summed E-state index contributed by atoms with van der Waals surface area (Å²) >= 11 is 3.43. The minimum Gasteiger partial charge on any atom is -0.497 e. The third-order valence-corrected chi connectivity index (χ3v) is 3.67. The Morgan fingerprint density at radius 3 is 2.36 bits per heavy atom. The maximum atomic E-state index is 5.14. The summed E-state index contributed by atoms with van der Waals surface area (Å²) in [5.41, 5.74) is 2.83. The lowest BCUT2D eigenvalue weighted by Gasteiger charge is -2.07. The fourth-order valence-corrected chi connectivity index (χ4v) is 2.27. The summed E-state index contributed by atoms with van der Waals surface area (Å²) in [6.07, 6.45) is 1.75. The van der Waals surface area contributed by atoms with Crippen LogP contribution in [-0.4, -0.2) is 17.1 Å². The molecule has 4 nitrogen and oxygen atoms in total. The molecular formula is C17H14BrN3O.